The van der Waals surface area contributed by atoms with E-state index in [1.165, 1.54) is 18.2 Å². The summed E-state index contributed by atoms with van der Waals surface area (Å²) in [5.74, 6) is -5.08. The average molecular weight is 638 g/mol. The molecule has 3 rings (SSSR count). The number of hydrogen-bond donors (Lipinski definition) is 0. The zero-order chi connectivity index (χ0) is 31.4. The molecule has 0 aromatic heterocycles. The topological polar surface area (TPSA) is 99.2 Å². The molecular formula is C31H34ClF2NO7S. The van der Waals surface area contributed by atoms with Crippen molar-refractivity contribution in [2.24, 2.45) is 0 Å². The van der Waals surface area contributed by atoms with Gasteiger partial charge in [-0.2, -0.15) is 0 Å². The van der Waals surface area contributed by atoms with E-state index in [2.05, 4.69) is 0 Å². The predicted octanol–water partition coefficient (Wildman–Crippen LogP) is 6.68. The zero-order valence-electron chi connectivity index (χ0n) is 24.1. The number of esters is 2. The average Bonchev–Trinajstić information content (AvgIpc) is 2.99. The molecule has 0 heterocycles. The lowest BCUT2D eigenvalue weighted by Crippen LogP contribution is -2.40. The normalized spacial score (nSPS) is 13.0. The van der Waals surface area contributed by atoms with E-state index in [0.29, 0.717) is 30.8 Å². The van der Waals surface area contributed by atoms with Crippen LogP contribution in [0.1, 0.15) is 62.7 Å². The van der Waals surface area contributed by atoms with Gasteiger partial charge in [-0.1, -0.05) is 31.0 Å². The Morgan fingerprint density at radius 2 is 1.67 bits per heavy atom. The van der Waals surface area contributed by atoms with Crippen molar-refractivity contribution in [3.63, 3.8) is 0 Å². The fourth-order valence-electron chi connectivity index (χ4n) is 4.30. The number of unbranched alkanes of at least 4 members (excludes halogenated alkanes) is 1. The summed E-state index contributed by atoms with van der Waals surface area (Å²) in [5.41, 5.74) is -0.592. The molecule has 0 bridgehead atoms. The fraction of sp³-hybridized carbons (Fsp3) is 0.419. The van der Waals surface area contributed by atoms with Crippen LogP contribution in [0.2, 0.25) is 5.02 Å². The van der Waals surface area contributed by atoms with Crippen molar-refractivity contribution in [3.8, 4) is 0 Å². The Morgan fingerprint density at radius 1 is 0.930 bits per heavy atom. The Hall–Kier alpha value is -3.28. The second kappa shape index (κ2) is 17.1. The first kappa shape index (κ1) is 34.2. The molecule has 232 valence electrons. The molecule has 0 radical (unpaired) electrons. The van der Waals surface area contributed by atoms with Crippen LogP contribution in [0.5, 0.6) is 0 Å². The third kappa shape index (κ3) is 9.61. The van der Waals surface area contributed by atoms with E-state index in [4.69, 9.17) is 25.8 Å². The van der Waals surface area contributed by atoms with E-state index in [0.717, 1.165) is 36.4 Å². The maximum absolute atomic E-state index is 15.5. The molecule has 0 fully saturated rings. The molecule has 0 N–H and O–H groups in total. The van der Waals surface area contributed by atoms with E-state index >= 15 is 4.39 Å². The number of halogens is 3. The number of rotatable bonds is 14. The molecule has 0 unspecified atom stereocenters. The highest BCUT2D eigenvalue weighted by Crippen LogP contribution is 2.36. The van der Waals surface area contributed by atoms with E-state index in [1.807, 2.05) is 6.92 Å². The summed E-state index contributed by atoms with van der Waals surface area (Å²) < 4.78 is 45.3. The summed E-state index contributed by atoms with van der Waals surface area (Å²) in [6.07, 6.45) is 3.07. The molecule has 1 aliphatic rings. The van der Waals surface area contributed by atoms with Crippen LogP contribution in [-0.2, 0) is 28.6 Å². The Balaban J connectivity index is 2.03. The van der Waals surface area contributed by atoms with Crippen LogP contribution < -0.4 is 4.90 Å². The molecule has 2 amide bonds. The van der Waals surface area contributed by atoms with Gasteiger partial charge in [0.1, 0.15) is 18.2 Å². The van der Waals surface area contributed by atoms with E-state index in [9.17, 15) is 23.6 Å². The number of thioether (sulfide) groups is 1. The molecule has 0 atom stereocenters. The molecule has 0 aliphatic heterocycles. The predicted molar refractivity (Wildman–Crippen MR) is 159 cm³/mol. The van der Waals surface area contributed by atoms with Gasteiger partial charge < -0.3 is 14.2 Å². The standard InChI is InChI=1S/C31H34ClF2NO7S/c1-3-5-13-41-28(36)19-43-27-18-26(25(34)17-24(27)32)35(29(37)20-9-8-10-21(33)16-20)30(38)22-11-6-7-12-23(22)31(39)42-15-14-40-4-2/h8-10,16-18H,3-7,11-15,19H2,1-2H3. The second-order valence-corrected chi connectivity index (χ2v) is 11.0. The van der Waals surface area contributed by atoms with Crippen LogP contribution in [0.4, 0.5) is 14.5 Å². The van der Waals surface area contributed by atoms with Crippen LogP contribution >= 0.6 is 23.4 Å². The van der Waals surface area contributed by atoms with Gasteiger partial charge >= 0.3 is 11.9 Å². The number of ether oxygens (including phenoxy) is 3. The SMILES string of the molecule is CCCCOC(=O)CSc1cc(N(C(=O)C2=C(C(=O)OCCOCC)CCCC2)C(=O)c2cccc(F)c2)c(F)cc1Cl. The Labute approximate surface area is 258 Å². The molecular weight excluding hydrogens is 604 g/mol. The first-order valence-corrected chi connectivity index (χ1v) is 15.4. The molecule has 2 aromatic rings. The molecule has 8 nitrogen and oxygen atoms in total. The second-order valence-electron chi connectivity index (χ2n) is 9.55. The van der Waals surface area contributed by atoms with Gasteiger partial charge in [-0.3, -0.25) is 14.4 Å². The number of carbonyl (C=O) groups is 4. The molecule has 2 aromatic carbocycles. The van der Waals surface area contributed by atoms with Crippen LogP contribution in [0.25, 0.3) is 0 Å². The minimum absolute atomic E-state index is 0.000433. The van der Waals surface area contributed by atoms with Gasteiger partial charge in [0.2, 0.25) is 0 Å². The van der Waals surface area contributed by atoms with Crippen LogP contribution in [-0.4, -0.2) is 55.9 Å². The Bertz CT molecular complexity index is 1370. The monoisotopic (exact) mass is 637 g/mol. The van der Waals surface area contributed by atoms with Gasteiger partial charge in [0.15, 0.2) is 0 Å². The Kier molecular flexibility index (Phi) is 13.6. The summed E-state index contributed by atoms with van der Waals surface area (Å²) in [5, 5.41) is -0.0475. The lowest BCUT2D eigenvalue weighted by atomic mass is 9.90. The largest absolute Gasteiger partial charge is 0.465 e. The van der Waals surface area contributed by atoms with Crippen molar-refractivity contribution in [1.29, 1.82) is 0 Å². The van der Waals surface area contributed by atoms with Crippen molar-refractivity contribution in [3.05, 3.63) is 69.8 Å². The molecule has 12 heteroatoms. The number of amides is 2. The number of carbonyl (C=O) groups excluding carboxylic acids is 4. The van der Waals surface area contributed by atoms with Crippen molar-refractivity contribution >= 4 is 52.8 Å². The summed E-state index contributed by atoms with van der Waals surface area (Å²) >= 11 is 7.21. The lowest BCUT2D eigenvalue weighted by molar-refractivity contribution is -0.141. The third-order valence-corrected chi connectivity index (χ3v) is 7.92. The van der Waals surface area contributed by atoms with E-state index < -0.39 is 41.1 Å². The highest BCUT2D eigenvalue weighted by Gasteiger charge is 2.34. The Morgan fingerprint density at radius 3 is 2.37 bits per heavy atom. The van der Waals surface area contributed by atoms with Crippen molar-refractivity contribution in [2.75, 3.05) is 37.1 Å². The molecule has 1 aliphatic carbocycles. The summed E-state index contributed by atoms with van der Waals surface area (Å²) in [6.45, 7) is 4.59. The van der Waals surface area contributed by atoms with Gasteiger partial charge in [0, 0.05) is 28.2 Å². The fourth-order valence-corrected chi connectivity index (χ4v) is 5.36. The smallest absolute Gasteiger partial charge is 0.334 e. The summed E-state index contributed by atoms with van der Waals surface area (Å²) in [7, 11) is 0. The number of anilines is 1. The van der Waals surface area contributed by atoms with Crippen LogP contribution in [0.15, 0.2) is 52.4 Å². The van der Waals surface area contributed by atoms with Crippen molar-refractivity contribution < 1.29 is 42.2 Å². The van der Waals surface area contributed by atoms with Gasteiger partial charge in [0.05, 0.1) is 29.7 Å². The quantitative estimate of drug-likeness (QED) is 0.0979. The van der Waals surface area contributed by atoms with Gasteiger partial charge in [-0.15, -0.1) is 11.8 Å². The van der Waals surface area contributed by atoms with Crippen LogP contribution in [0.3, 0.4) is 0 Å². The highest BCUT2D eigenvalue weighted by atomic mass is 35.5. The highest BCUT2D eigenvalue weighted by molar-refractivity contribution is 8.00. The number of hydrogen-bond acceptors (Lipinski definition) is 8. The number of benzene rings is 2. The maximum Gasteiger partial charge on any atom is 0.334 e. The molecule has 0 saturated carbocycles. The summed E-state index contributed by atoms with van der Waals surface area (Å²) in [6, 6.07) is 6.74. The first-order valence-electron chi connectivity index (χ1n) is 14.1. The third-order valence-electron chi connectivity index (χ3n) is 6.46. The van der Waals surface area contributed by atoms with Crippen molar-refractivity contribution in [1.82, 2.24) is 0 Å². The first-order chi connectivity index (χ1) is 20.7. The van der Waals surface area contributed by atoms with E-state index in [1.54, 1.807) is 6.92 Å². The van der Waals surface area contributed by atoms with E-state index in [-0.39, 0.29) is 65.0 Å². The van der Waals surface area contributed by atoms with Gasteiger partial charge in [0.25, 0.3) is 11.8 Å². The minimum Gasteiger partial charge on any atom is -0.465 e. The molecule has 0 spiro atoms. The molecule has 43 heavy (non-hydrogen) atoms. The lowest BCUT2D eigenvalue weighted by Gasteiger charge is -2.26. The minimum atomic E-state index is -1.01. The molecule has 0 saturated heterocycles. The van der Waals surface area contributed by atoms with Gasteiger partial charge in [-0.05, 0) is 69.4 Å². The maximum atomic E-state index is 15.5. The summed E-state index contributed by atoms with van der Waals surface area (Å²) in [4.78, 5) is 53.8. The van der Waals surface area contributed by atoms with Gasteiger partial charge in [-0.25, -0.2) is 18.5 Å². The van der Waals surface area contributed by atoms with Crippen LogP contribution in [0, 0.1) is 11.6 Å². The zero-order valence-corrected chi connectivity index (χ0v) is 25.7. The number of imide groups is 1. The van der Waals surface area contributed by atoms with Crippen molar-refractivity contribution in [2.45, 2.75) is 57.3 Å². The number of nitrogens with zero attached hydrogens (tertiary/aromatic N) is 1.